The molecule has 0 amide bonds. The topological polar surface area (TPSA) is 64.0 Å². The Morgan fingerprint density at radius 3 is 2.19 bits per heavy atom. The Balaban J connectivity index is 1.42. The van der Waals surface area contributed by atoms with Gasteiger partial charge >= 0.3 is 0 Å². The quantitative estimate of drug-likeness (QED) is 0.361. The highest BCUT2D eigenvalue weighted by Crippen LogP contribution is 2.28. The fraction of sp³-hybridized carbons (Fsp3) is 0.0400. The summed E-state index contributed by atoms with van der Waals surface area (Å²) in [4.78, 5) is 9.18. The summed E-state index contributed by atoms with van der Waals surface area (Å²) in [6, 6.07) is 29.7. The van der Waals surface area contributed by atoms with Crippen molar-refractivity contribution in [3.05, 3.63) is 97.2 Å². The molecule has 0 spiro atoms. The van der Waals surface area contributed by atoms with Crippen molar-refractivity contribution >= 4 is 28.5 Å². The van der Waals surface area contributed by atoms with E-state index in [0.717, 1.165) is 45.7 Å². The predicted octanol–water partition coefficient (Wildman–Crippen LogP) is 6.00. The molecular weight excluding hydrogens is 386 g/mol. The molecule has 0 saturated carbocycles. The van der Waals surface area contributed by atoms with Crippen molar-refractivity contribution in [2.45, 2.75) is 0 Å². The van der Waals surface area contributed by atoms with Gasteiger partial charge in [-0.05, 0) is 48.5 Å². The van der Waals surface area contributed by atoms with E-state index in [-0.39, 0.29) is 0 Å². The van der Waals surface area contributed by atoms with Crippen LogP contribution >= 0.6 is 0 Å². The molecule has 5 rings (SSSR count). The number of para-hydroxylation sites is 2. The van der Waals surface area contributed by atoms with Crippen molar-refractivity contribution in [2.24, 2.45) is 0 Å². The van der Waals surface area contributed by atoms with Crippen molar-refractivity contribution in [1.29, 1.82) is 0 Å². The molecule has 0 atom stereocenters. The summed E-state index contributed by atoms with van der Waals surface area (Å²) < 4.78 is 7.94. The maximum atomic E-state index is 5.86. The number of hydrogen-bond donors (Lipinski definition) is 2. The molecule has 2 N–H and O–H groups in total. The largest absolute Gasteiger partial charge is 0.457 e. The zero-order chi connectivity index (χ0) is 21.0. The zero-order valence-corrected chi connectivity index (χ0v) is 17.0. The second kappa shape index (κ2) is 8.20. The van der Waals surface area contributed by atoms with Crippen LogP contribution in [0, 0.1) is 0 Å². The maximum absolute atomic E-state index is 5.86. The maximum Gasteiger partial charge on any atom is 0.208 e. The van der Waals surface area contributed by atoms with Gasteiger partial charge in [0.25, 0.3) is 0 Å². The normalized spacial score (nSPS) is 10.7. The van der Waals surface area contributed by atoms with Crippen LogP contribution in [0.5, 0.6) is 11.5 Å². The third kappa shape index (κ3) is 3.91. The zero-order valence-electron chi connectivity index (χ0n) is 17.0. The lowest BCUT2D eigenvalue weighted by atomic mass is 10.3. The smallest absolute Gasteiger partial charge is 0.208 e. The van der Waals surface area contributed by atoms with E-state index in [4.69, 9.17) is 4.74 Å². The predicted molar refractivity (Wildman–Crippen MR) is 125 cm³/mol. The highest BCUT2D eigenvalue weighted by Gasteiger charge is 2.12. The lowest BCUT2D eigenvalue weighted by Crippen LogP contribution is -2.01. The summed E-state index contributed by atoms with van der Waals surface area (Å²) in [5, 5.41) is 6.53. The van der Waals surface area contributed by atoms with E-state index in [9.17, 15) is 0 Å². The van der Waals surface area contributed by atoms with Gasteiger partial charge in [-0.15, -0.1) is 0 Å². The van der Waals surface area contributed by atoms with Crippen LogP contribution in [0.1, 0.15) is 0 Å². The molecule has 0 bridgehead atoms. The summed E-state index contributed by atoms with van der Waals surface area (Å²) in [5.74, 6) is 3.09. The van der Waals surface area contributed by atoms with Gasteiger partial charge in [0.2, 0.25) is 5.95 Å². The van der Waals surface area contributed by atoms with E-state index in [2.05, 4.69) is 37.3 Å². The Bertz CT molecular complexity index is 1300. The van der Waals surface area contributed by atoms with Gasteiger partial charge in [0.05, 0.1) is 11.7 Å². The molecule has 0 radical (unpaired) electrons. The molecule has 3 aromatic carbocycles. The summed E-state index contributed by atoms with van der Waals surface area (Å²) >= 11 is 0. The number of rotatable bonds is 6. The Labute approximate surface area is 180 Å². The summed E-state index contributed by atoms with van der Waals surface area (Å²) in [6.45, 7) is 0. The summed E-state index contributed by atoms with van der Waals surface area (Å²) in [7, 11) is 1.87. The molecule has 6 nitrogen and oxygen atoms in total. The Hall–Kier alpha value is -4.32. The van der Waals surface area contributed by atoms with Gasteiger partial charge in [0.15, 0.2) is 0 Å². The molecule has 0 unspecified atom stereocenters. The average Bonchev–Trinajstić information content (AvgIpc) is 3.19. The monoisotopic (exact) mass is 407 g/mol. The molecule has 0 aliphatic rings. The van der Waals surface area contributed by atoms with Crippen LogP contribution in [0.25, 0.3) is 16.7 Å². The van der Waals surface area contributed by atoms with E-state index in [1.54, 1.807) is 6.20 Å². The van der Waals surface area contributed by atoms with Gasteiger partial charge in [0, 0.05) is 24.5 Å². The van der Waals surface area contributed by atoms with Crippen LogP contribution in [0.4, 0.5) is 17.5 Å². The van der Waals surface area contributed by atoms with Gasteiger partial charge in [0.1, 0.15) is 22.8 Å². The third-order valence-electron chi connectivity index (χ3n) is 4.88. The first-order chi connectivity index (χ1) is 15.3. The number of anilines is 3. The number of fused-ring (bicyclic) bond motifs is 1. The van der Waals surface area contributed by atoms with Gasteiger partial charge in [-0.3, -0.25) is 4.57 Å². The Morgan fingerprint density at radius 2 is 1.48 bits per heavy atom. The fourth-order valence-electron chi connectivity index (χ4n) is 3.43. The average molecular weight is 407 g/mol. The minimum Gasteiger partial charge on any atom is -0.457 e. The Morgan fingerprint density at radius 1 is 0.806 bits per heavy atom. The van der Waals surface area contributed by atoms with Gasteiger partial charge in [-0.1, -0.05) is 36.4 Å². The van der Waals surface area contributed by atoms with Crippen molar-refractivity contribution in [2.75, 3.05) is 17.7 Å². The highest BCUT2D eigenvalue weighted by atomic mass is 16.5. The molecule has 0 saturated heterocycles. The van der Waals surface area contributed by atoms with Gasteiger partial charge in [-0.25, -0.2) is 9.97 Å². The molecular formula is C25H21N5O. The first-order valence-corrected chi connectivity index (χ1v) is 10.0. The van der Waals surface area contributed by atoms with Crippen LogP contribution in [0.2, 0.25) is 0 Å². The molecule has 2 aromatic heterocycles. The fourth-order valence-corrected chi connectivity index (χ4v) is 3.43. The summed E-state index contributed by atoms with van der Waals surface area (Å²) in [5.41, 5.74) is 3.75. The van der Waals surface area contributed by atoms with E-state index < -0.39 is 0 Å². The van der Waals surface area contributed by atoms with Crippen LogP contribution < -0.4 is 15.4 Å². The highest BCUT2D eigenvalue weighted by molar-refractivity contribution is 5.83. The minimum atomic E-state index is 0.740. The molecule has 152 valence electrons. The second-order valence-corrected chi connectivity index (χ2v) is 6.98. The van der Waals surface area contributed by atoms with E-state index >= 15 is 0 Å². The number of aromatic nitrogens is 3. The molecule has 0 aliphatic carbocycles. The van der Waals surface area contributed by atoms with E-state index in [0.29, 0.717) is 0 Å². The summed E-state index contributed by atoms with van der Waals surface area (Å²) in [6.07, 6.45) is 1.78. The van der Waals surface area contributed by atoms with Gasteiger partial charge in [-0.2, -0.15) is 0 Å². The molecule has 6 heteroatoms. The lowest BCUT2D eigenvalue weighted by molar-refractivity contribution is 0.483. The van der Waals surface area contributed by atoms with E-state index in [1.807, 2.05) is 85.9 Å². The number of nitrogens with zero attached hydrogens (tertiary/aromatic N) is 3. The number of pyridine rings is 1. The number of hydrogen-bond acceptors (Lipinski definition) is 5. The van der Waals surface area contributed by atoms with Crippen molar-refractivity contribution in [1.82, 2.24) is 14.5 Å². The third-order valence-corrected chi connectivity index (χ3v) is 4.88. The molecule has 0 aliphatic heterocycles. The van der Waals surface area contributed by atoms with Crippen molar-refractivity contribution in [3.63, 3.8) is 0 Å². The SMILES string of the molecule is CNc1nc2cnc(Nc3ccc(Oc4ccccc4)cc3)cc2n1-c1ccccc1. The number of ether oxygens (including phenoxy) is 1. The van der Waals surface area contributed by atoms with Crippen LogP contribution in [-0.4, -0.2) is 21.6 Å². The first kappa shape index (κ1) is 18.7. The number of nitrogens with one attached hydrogen (secondary N) is 2. The number of imidazole rings is 1. The lowest BCUT2D eigenvalue weighted by Gasteiger charge is -2.10. The molecule has 31 heavy (non-hydrogen) atoms. The minimum absolute atomic E-state index is 0.740. The molecule has 0 fully saturated rings. The standard InChI is InChI=1S/C25H21N5O/c1-26-25-29-22-17-27-24(16-23(22)30(25)19-8-4-2-5-9-19)28-18-12-14-21(15-13-18)31-20-10-6-3-7-11-20/h2-17H,1H3,(H,26,29)(H,27,28). The van der Waals surface area contributed by atoms with Crippen molar-refractivity contribution in [3.8, 4) is 17.2 Å². The number of benzene rings is 3. The van der Waals surface area contributed by atoms with Crippen molar-refractivity contribution < 1.29 is 4.74 Å². The second-order valence-electron chi connectivity index (χ2n) is 6.98. The Kier molecular flexibility index (Phi) is 4.94. The van der Waals surface area contributed by atoms with Gasteiger partial charge < -0.3 is 15.4 Å². The molecule has 5 aromatic rings. The van der Waals surface area contributed by atoms with Crippen LogP contribution in [0.3, 0.4) is 0 Å². The molecule has 2 heterocycles. The van der Waals surface area contributed by atoms with Crippen LogP contribution in [0.15, 0.2) is 97.2 Å². The van der Waals surface area contributed by atoms with E-state index in [1.165, 1.54) is 0 Å². The first-order valence-electron chi connectivity index (χ1n) is 10.0. The van der Waals surface area contributed by atoms with Crippen LogP contribution in [-0.2, 0) is 0 Å².